The number of hydrogen-bond acceptors (Lipinski definition) is 6. The summed E-state index contributed by atoms with van der Waals surface area (Å²) in [6, 6.07) is 0. The normalized spacial score (nSPS) is 10.8. The van der Waals surface area contributed by atoms with Gasteiger partial charge in [0.25, 0.3) is 5.91 Å². The van der Waals surface area contributed by atoms with Crippen LogP contribution in [0.4, 0.5) is 0 Å². The van der Waals surface area contributed by atoms with E-state index in [9.17, 15) is 9.59 Å². The lowest BCUT2D eigenvalue weighted by Crippen LogP contribution is -2.27. The first-order valence-electron chi connectivity index (χ1n) is 6.86. The molecule has 0 bridgehead atoms. The van der Waals surface area contributed by atoms with Gasteiger partial charge in [0.2, 0.25) is 0 Å². The molecule has 2 aromatic rings. The molecule has 2 N–H and O–H groups in total. The van der Waals surface area contributed by atoms with Crippen LogP contribution in [-0.2, 0) is 6.42 Å². The molecule has 0 fully saturated rings. The van der Waals surface area contributed by atoms with Crippen molar-refractivity contribution in [2.45, 2.75) is 26.2 Å². The third-order valence-electron chi connectivity index (χ3n) is 2.89. The van der Waals surface area contributed by atoms with Crippen LogP contribution in [0.3, 0.4) is 0 Å². The van der Waals surface area contributed by atoms with E-state index in [1.165, 1.54) is 22.9 Å². The summed E-state index contributed by atoms with van der Waals surface area (Å²) in [5, 5.41) is 13.8. The standard InChI is InChI=1S/C14H15ClN4O3S/c1-7(2)12-17-5-8(15)11(19-12)13(20)16-4-3-10-18-9(6-23-10)14(21)22/h5-7H,3-4H2,1-2H3,(H,16,20)(H,21,22). The number of aromatic nitrogens is 3. The molecule has 0 aliphatic heterocycles. The molecule has 0 radical (unpaired) electrons. The van der Waals surface area contributed by atoms with Crippen molar-refractivity contribution in [3.05, 3.63) is 38.8 Å². The second kappa shape index (κ2) is 7.47. The summed E-state index contributed by atoms with van der Waals surface area (Å²) in [6.45, 7) is 4.16. The number of halogens is 1. The Hall–Kier alpha value is -2.06. The zero-order chi connectivity index (χ0) is 17.0. The topological polar surface area (TPSA) is 105 Å². The van der Waals surface area contributed by atoms with Crippen LogP contribution >= 0.6 is 22.9 Å². The molecular weight excluding hydrogens is 340 g/mol. The maximum absolute atomic E-state index is 12.1. The number of aromatic carboxylic acids is 1. The lowest BCUT2D eigenvalue weighted by Gasteiger charge is -2.08. The van der Waals surface area contributed by atoms with Crippen molar-refractivity contribution in [3.63, 3.8) is 0 Å². The zero-order valence-electron chi connectivity index (χ0n) is 12.5. The number of carboxylic acids is 1. The van der Waals surface area contributed by atoms with Crippen LogP contribution in [-0.4, -0.2) is 38.5 Å². The summed E-state index contributed by atoms with van der Waals surface area (Å²) in [4.78, 5) is 35.1. The summed E-state index contributed by atoms with van der Waals surface area (Å²) in [6.07, 6.45) is 1.85. The minimum Gasteiger partial charge on any atom is -0.476 e. The Morgan fingerprint density at radius 1 is 1.39 bits per heavy atom. The van der Waals surface area contributed by atoms with E-state index in [1.54, 1.807) is 0 Å². The van der Waals surface area contributed by atoms with Crippen molar-refractivity contribution in [2.24, 2.45) is 0 Å². The number of carbonyl (C=O) groups is 2. The molecule has 7 nitrogen and oxygen atoms in total. The van der Waals surface area contributed by atoms with Crippen LogP contribution in [0, 0.1) is 0 Å². The van der Waals surface area contributed by atoms with Crippen molar-refractivity contribution >= 4 is 34.8 Å². The van der Waals surface area contributed by atoms with Gasteiger partial charge in [-0.15, -0.1) is 11.3 Å². The van der Waals surface area contributed by atoms with E-state index in [-0.39, 0.29) is 22.3 Å². The largest absolute Gasteiger partial charge is 0.476 e. The molecule has 0 unspecified atom stereocenters. The average Bonchev–Trinajstić information content (AvgIpc) is 2.96. The Kier molecular flexibility index (Phi) is 5.62. The third kappa shape index (κ3) is 4.46. The van der Waals surface area contributed by atoms with Gasteiger partial charge in [-0.3, -0.25) is 4.79 Å². The van der Waals surface area contributed by atoms with E-state index in [0.717, 1.165) is 0 Å². The van der Waals surface area contributed by atoms with Crippen LogP contribution < -0.4 is 5.32 Å². The molecule has 0 atom stereocenters. The van der Waals surface area contributed by atoms with Gasteiger partial charge in [-0.25, -0.2) is 19.7 Å². The second-order valence-electron chi connectivity index (χ2n) is 5.02. The molecule has 0 saturated heterocycles. The van der Waals surface area contributed by atoms with Gasteiger partial charge < -0.3 is 10.4 Å². The van der Waals surface area contributed by atoms with Gasteiger partial charge in [-0.2, -0.15) is 0 Å². The van der Waals surface area contributed by atoms with E-state index < -0.39 is 11.9 Å². The molecule has 9 heteroatoms. The molecular formula is C14H15ClN4O3S. The van der Waals surface area contributed by atoms with Gasteiger partial charge in [0, 0.05) is 24.3 Å². The highest BCUT2D eigenvalue weighted by atomic mass is 35.5. The van der Waals surface area contributed by atoms with Crippen LogP contribution in [0.1, 0.15) is 51.6 Å². The van der Waals surface area contributed by atoms with Gasteiger partial charge in [0.1, 0.15) is 11.5 Å². The van der Waals surface area contributed by atoms with E-state index >= 15 is 0 Å². The van der Waals surface area contributed by atoms with Gasteiger partial charge >= 0.3 is 5.97 Å². The third-order valence-corrected chi connectivity index (χ3v) is 4.07. The summed E-state index contributed by atoms with van der Waals surface area (Å²) >= 11 is 7.21. The fourth-order valence-electron chi connectivity index (χ4n) is 1.71. The Bertz CT molecular complexity index is 733. The highest BCUT2D eigenvalue weighted by molar-refractivity contribution is 7.09. The quantitative estimate of drug-likeness (QED) is 0.825. The number of nitrogens with one attached hydrogen (secondary N) is 1. The fraction of sp³-hybridized carbons (Fsp3) is 0.357. The molecule has 0 saturated carbocycles. The first kappa shape index (κ1) is 17.3. The molecule has 0 aromatic carbocycles. The second-order valence-corrected chi connectivity index (χ2v) is 6.37. The number of hydrogen-bond donors (Lipinski definition) is 2. The maximum Gasteiger partial charge on any atom is 0.355 e. The number of thiazole rings is 1. The Balaban J connectivity index is 1.96. The minimum absolute atomic E-state index is 0.0109. The molecule has 0 spiro atoms. The van der Waals surface area contributed by atoms with Gasteiger partial charge in [0.15, 0.2) is 5.69 Å². The summed E-state index contributed by atoms with van der Waals surface area (Å²) in [5.74, 6) is -0.825. The van der Waals surface area contributed by atoms with Crippen molar-refractivity contribution in [2.75, 3.05) is 6.54 Å². The molecule has 122 valence electrons. The zero-order valence-corrected chi connectivity index (χ0v) is 14.1. The van der Waals surface area contributed by atoms with Gasteiger partial charge in [0.05, 0.1) is 16.2 Å². The summed E-state index contributed by atoms with van der Waals surface area (Å²) in [7, 11) is 0. The number of carbonyl (C=O) groups excluding carboxylic acids is 1. The van der Waals surface area contributed by atoms with Crippen molar-refractivity contribution in [1.29, 1.82) is 0 Å². The predicted molar refractivity (Wildman–Crippen MR) is 86.2 cm³/mol. The lowest BCUT2D eigenvalue weighted by atomic mass is 10.2. The van der Waals surface area contributed by atoms with Crippen LogP contribution in [0.25, 0.3) is 0 Å². The maximum atomic E-state index is 12.1. The molecule has 2 rings (SSSR count). The van der Waals surface area contributed by atoms with E-state index in [2.05, 4.69) is 20.3 Å². The molecule has 2 heterocycles. The SMILES string of the molecule is CC(C)c1ncc(Cl)c(C(=O)NCCc2nc(C(=O)O)cs2)n1. The molecule has 0 aliphatic rings. The van der Waals surface area contributed by atoms with Crippen LogP contribution in [0.2, 0.25) is 5.02 Å². The fourth-order valence-corrected chi connectivity index (χ4v) is 2.66. The predicted octanol–water partition coefficient (Wildman–Crippen LogP) is 2.38. The van der Waals surface area contributed by atoms with E-state index in [1.807, 2.05) is 13.8 Å². The van der Waals surface area contributed by atoms with Crippen LogP contribution in [0.15, 0.2) is 11.6 Å². The Morgan fingerprint density at radius 2 is 2.13 bits per heavy atom. The number of rotatable bonds is 6. The highest BCUT2D eigenvalue weighted by Gasteiger charge is 2.15. The smallest absolute Gasteiger partial charge is 0.355 e. The first-order chi connectivity index (χ1) is 10.9. The Morgan fingerprint density at radius 3 is 2.74 bits per heavy atom. The Labute approximate surface area is 141 Å². The average molecular weight is 355 g/mol. The van der Waals surface area contributed by atoms with Crippen LogP contribution in [0.5, 0.6) is 0 Å². The number of amides is 1. The monoisotopic (exact) mass is 354 g/mol. The van der Waals surface area contributed by atoms with Gasteiger partial charge in [-0.1, -0.05) is 25.4 Å². The first-order valence-corrected chi connectivity index (χ1v) is 8.12. The van der Waals surface area contributed by atoms with Crippen molar-refractivity contribution in [3.8, 4) is 0 Å². The van der Waals surface area contributed by atoms with E-state index in [4.69, 9.17) is 16.7 Å². The van der Waals surface area contributed by atoms with Crippen molar-refractivity contribution in [1.82, 2.24) is 20.3 Å². The molecule has 1 amide bonds. The van der Waals surface area contributed by atoms with Gasteiger partial charge in [-0.05, 0) is 0 Å². The highest BCUT2D eigenvalue weighted by Crippen LogP contribution is 2.16. The number of nitrogens with zero attached hydrogens (tertiary/aromatic N) is 3. The lowest BCUT2D eigenvalue weighted by molar-refractivity contribution is 0.0690. The van der Waals surface area contributed by atoms with E-state index in [0.29, 0.717) is 23.8 Å². The summed E-state index contributed by atoms with van der Waals surface area (Å²) < 4.78 is 0. The number of carboxylic acid groups (broad SMARTS) is 1. The molecule has 23 heavy (non-hydrogen) atoms. The van der Waals surface area contributed by atoms with Crippen molar-refractivity contribution < 1.29 is 14.7 Å². The molecule has 0 aliphatic carbocycles. The summed E-state index contributed by atoms with van der Waals surface area (Å²) in [5.41, 5.74) is 0.146. The minimum atomic E-state index is -1.06. The molecule has 2 aromatic heterocycles.